The summed E-state index contributed by atoms with van der Waals surface area (Å²) in [5.74, 6) is -1.37. The Morgan fingerprint density at radius 3 is 2.73 bits per heavy atom. The number of hydrogen-bond donors (Lipinski definition) is 2. The van der Waals surface area contributed by atoms with Crippen LogP contribution in [0, 0.1) is 0 Å². The van der Waals surface area contributed by atoms with Crippen molar-refractivity contribution in [2.75, 3.05) is 0 Å². The summed E-state index contributed by atoms with van der Waals surface area (Å²) in [4.78, 5) is 22.2. The highest BCUT2D eigenvalue weighted by Gasteiger charge is 2.18. The summed E-state index contributed by atoms with van der Waals surface area (Å²) in [6.07, 6.45) is 0.367. The smallest absolute Gasteiger partial charge is 0.326 e. The second kappa shape index (κ2) is 5.27. The number of aliphatic carboxylic acids is 1. The minimum Gasteiger partial charge on any atom is -0.480 e. The number of hydrogen-bond acceptors (Lipinski definition) is 3. The van der Waals surface area contributed by atoms with E-state index in [0.29, 0.717) is 12.0 Å². The molecule has 0 fully saturated rings. The van der Waals surface area contributed by atoms with Crippen LogP contribution in [0.5, 0.6) is 0 Å². The van der Waals surface area contributed by atoms with Crippen LogP contribution < -0.4 is 5.32 Å². The highest BCUT2D eigenvalue weighted by Crippen LogP contribution is 2.20. The van der Waals surface area contributed by atoms with Crippen molar-refractivity contribution in [3.63, 3.8) is 0 Å². The van der Waals surface area contributed by atoms with Gasteiger partial charge in [-0.1, -0.05) is 6.92 Å². The lowest BCUT2D eigenvalue weighted by molar-refractivity contribution is -0.139. The first kappa shape index (κ1) is 12.2. The molecule has 0 radical (unpaired) electrons. The van der Waals surface area contributed by atoms with Gasteiger partial charge in [0, 0.05) is 5.38 Å². The van der Waals surface area contributed by atoms with Crippen molar-refractivity contribution >= 4 is 39.1 Å². The topological polar surface area (TPSA) is 66.4 Å². The number of nitrogens with one attached hydrogen (secondary N) is 1. The minimum absolute atomic E-state index is 0.355. The van der Waals surface area contributed by atoms with Gasteiger partial charge in [-0.2, -0.15) is 0 Å². The summed E-state index contributed by atoms with van der Waals surface area (Å²) < 4.78 is 0.844. The number of carbonyl (C=O) groups is 2. The predicted octanol–water partition coefficient (Wildman–Crippen LogP) is 2.10. The third-order valence-corrected chi connectivity index (χ3v) is 3.35. The molecule has 15 heavy (non-hydrogen) atoms. The van der Waals surface area contributed by atoms with E-state index in [1.54, 1.807) is 18.4 Å². The summed E-state index contributed by atoms with van der Waals surface area (Å²) >= 11 is 4.62. The molecule has 0 spiro atoms. The van der Waals surface area contributed by atoms with E-state index in [-0.39, 0.29) is 5.91 Å². The number of rotatable bonds is 4. The van der Waals surface area contributed by atoms with Crippen LogP contribution in [-0.4, -0.2) is 23.0 Å². The van der Waals surface area contributed by atoms with E-state index in [0.717, 1.165) is 3.79 Å². The molecule has 0 aliphatic heterocycles. The first-order chi connectivity index (χ1) is 7.04. The van der Waals surface area contributed by atoms with Crippen LogP contribution in [0.2, 0.25) is 0 Å². The molecule has 0 unspecified atom stereocenters. The predicted molar refractivity (Wildman–Crippen MR) is 61.2 cm³/mol. The number of halogens is 1. The van der Waals surface area contributed by atoms with Crippen molar-refractivity contribution in [2.24, 2.45) is 0 Å². The Hall–Kier alpha value is -0.880. The lowest BCUT2D eigenvalue weighted by Crippen LogP contribution is -2.40. The molecule has 1 atom stereocenters. The quantitative estimate of drug-likeness (QED) is 0.893. The fraction of sp³-hybridized carbons (Fsp3) is 0.333. The average Bonchev–Trinajstić information content (AvgIpc) is 2.60. The van der Waals surface area contributed by atoms with Gasteiger partial charge in [-0.15, -0.1) is 11.3 Å². The molecule has 0 aromatic carbocycles. The molecule has 0 aliphatic rings. The summed E-state index contributed by atoms with van der Waals surface area (Å²) in [5, 5.41) is 12.9. The van der Waals surface area contributed by atoms with Gasteiger partial charge < -0.3 is 10.4 Å². The highest BCUT2D eigenvalue weighted by atomic mass is 79.9. The first-order valence-electron chi connectivity index (χ1n) is 4.32. The van der Waals surface area contributed by atoms with E-state index < -0.39 is 12.0 Å². The molecule has 0 saturated heterocycles. The molecule has 0 saturated carbocycles. The summed E-state index contributed by atoms with van der Waals surface area (Å²) in [6, 6.07) is 0.838. The maximum atomic E-state index is 11.5. The Morgan fingerprint density at radius 1 is 1.67 bits per heavy atom. The van der Waals surface area contributed by atoms with Crippen molar-refractivity contribution in [1.82, 2.24) is 5.32 Å². The standard InChI is InChI=1S/C9H10BrNO3S/c1-2-6(9(13)14)11-8(12)5-3-7(10)15-4-5/h3-4,6H,2H2,1H3,(H,11,12)(H,13,14)/t6-/m1/s1. The zero-order valence-electron chi connectivity index (χ0n) is 7.99. The second-order valence-electron chi connectivity index (χ2n) is 2.91. The van der Waals surface area contributed by atoms with Crippen LogP contribution in [0.25, 0.3) is 0 Å². The van der Waals surface area contributed by atoms with Gasteiger partial charge in [-0.25, -0.2) is 4.79 Å². The molecule has 1 amide bonds. The number of carboxylic acid groups (broad SMARTS) is 1. The Morgan fingerprint density at radius 2 is 2.33 bits per heavy atom. The molecular formula is C9H10BrNO3S. The van der Waals surface area contributed by atoms with Crippen molar-refractivity contribution in [2.45, 2.75) is 19.4 Å². The SMILES string of the molecule is CC[C@@H](NC(=O)c1csc(Br)c1)C(=O)O. The van der Waals surface area contributed by atoms with E-state index in [9.17, 15) is 9.59 Å². The fourth-order valence-electron chi connectivity index (χ4n) is 1.01. The molecule has 0 bridgehead atoms. The van der Waals surface area contributed by atoms with E-state index >= 15 is 0 Å². The molecule has 2 N–H and O–H groups in total. The zero-order chi connectivity index (χ0) is 11.4. The van der Waals surface area contributed by atoms with Gasteiger partial charge in [0.25, 0.3) is 5.91 Å². The monoisotopic (exact) mass is 291 g/mol. The lowest BCUT2D eigenvalue weighted by atomic mass is 10.2. The number of carboxylic acids is 1. The van der Waals surface area contributed by atoms with Gasteiger partial charge in [0.1, 0.15) is 6.04 Å². The lowest BCUT2D eigenvalue weighted by Gasteiger charge is -2.10. The Balaban J connectivity index is 2.66. The molecule has 82 valence electrons. The molecule has 4 nitrogen and oxygen atoms in total. The molecule has 0 aliphatic carbocycles. The van der Waals surface area contributed by atoms with E-state index in [1.807, 2.05) is 0 Å². The molecule has 1 rings (SSSR count). The van der Waals surface area contributed by atoms with E-state index in [1.165, 1.54) is 11.3 Å². The Kier molecular flexibility index (Phi) is 4.28. The third-order valence-electron chi connectivity index (χ3n) is 1.84. The first-order valence-corrected chi connectivity index (χ1v) is 5.99. The second-order valence-corrected chi connectivity index (χ2v) is 5.20. The van der Waals surface area contributed by atoms with Crippen LogP contribution in [0.3, 0.4) is 0 Å². The van der Waals surface area contributed by atoms with Crippen molar-refractivity contribution in [3.05, 3.63) is 20.8 Å². The maximum Gasteiger partial charge on any atom is 0.326 e. The molecule has 1 heterocycles. The van der Waals surface area contributed by atoms with Crippen LogP contribution in [0.1, 0.15) is 23.7 Å². The number of amides is 1. The fourth-order valence-corrected chi connectivity index (χ4v) is 2.15. The normalized spacial score (nSPS) is 12.1. The van der Waals surface area contributed by atoms with Crippen molar-refractivity contribution in [1.29, 1.82) is 0 Å². The molecule has 6 heteroatoms. The Labute approximate surface area is 99.4 Å². The largest absolute Gasteiger partial charge is 0.480 e. The van der Waals surface area contributed by atoms with Gasteiger partial charge in [0.15, 0.2) is 0 Å². The Bertz CT molecular complexity index is 377. The molecule has 1 aromatic rings. The zero-order valence-corrected chi connectivity index (χ0v) is 10.4. The number of carbonyl (C=O) groups excluding carboxylic acids is 1. The van der Waals surface area contributed by atoms with Gasteiger partial charge in [0.05, 0.1) is 9.35 Å². The third kappa shape index (κ3) is 3.32. The molecule has 1 aromatic heterocycles. The van der Waals surface area contributed by atoms with Crippen LogP contribution in [0.4, 0.5) is 0 Å². The number of thiophene rings is 1. The van der Waals surface area contributed by atoms with Gasteiger partial charge in [0.2, 0.25) is 0 Å². The van der Waals surface area contributed by atoms with Crippen LogP contribution >= 0.6 is 27.3 Å². The van der Waals surface area contributed by atoms with Crippen LogP contribution in [-0.2, 0) is 4.79 Å². The van der Waals surface area contributed by atoms with E-state index in [4.69, 9.17) is 5.11 Å². The van der Waals surface area contributed by atoms with Gasteiger partial charge in [-0.05, 0) is 28.4 Å². The van der Waals surface area contributed by atoms with Gasteiger partial charge in [-0.3, -0.25) is 4.79 Å². The summed E-state index contributed by atoms with van der Waals surface area (Å²) in [6.45, 7) is 1.71. The summed E-state index contributed by atoms with van der Waals surface area (Å²) in [7, 11) is 0. The molecular weight excluding hydrogens is 282 g/mol. The van der Waals surface area contributed by atoms with Gasteiger partial charge >= 0.3 is 5.97 Å². The summed E-state index contributed by atoms with van der Waals surface area (Å²) in [5.41, 5.74) is 0.478. The maximum absolute atomic E-state index is 11.5. The average molecular weight is 292 g/mol. The van der Waals surface area contributed by atoms with Crippen molar-refractivity contribution in [3.8, 4) is 0 Å². The van der Waals surface area contributed by atoms with Crippen molar-refractivity contribution < 1.29 is 14.7 Å². The highest BCUT2D eigenvalue weighted by molar-refractivity contribution is 9.11. The van der Waals surface area contributed by atoms with E-state index in [2.05, 4.69) is 21.2 Å². The van der Waals surface area contributed by atoms with Crippen LogP contribution in [0.15, 0.2) is 15.2 Å². The minimum atomic E-state index is -1.01.